The molecule has 1 aliphatic rings. The zero-order valence-electron chi connectivity index (χ0n) is 16.8. The van der Waals surface area contributed by atoms with Gasteiger partial charge in [-0.15, -0.1) is 0 Å². The molecule has 4 rings (SSSR count). The van der Waals surface area contributed by atoms with E-state index in [9.17, 15) is 9.59 Å². The zero-order valence-corrected chi connectivity index (χ0v) is 16.8. The van der Waals surface area contributed by atoms with Crippen LogP contribution in [0.2, 0.25) is 0 Å². The molecule has 0 saturated carbocycles. The second-order valence-electron chi connectivity index (χ2n) is 7.04. The number of ether oxygens (including phenoxy) is 4. The van der Waals surface area contributed by atoms with E-state index in [2.05, 4.69) is 0 Å². The molecule has 2 atom stereocenters. The van der Waals surface area contributed by atoms with Gasteiger partial charge in [0.05, 0.1) is 0 Å². The average molecular weight is 418 g/mol. The van der Waals surface area contributed by atoms with Crippen LogP contribution in [0.15, 0.2) is 91.0 Å². The zero-order chi connectivity index (χ0) is 21.5. The Morgan fingerprint density at radius 2 is 1.00 bits per heavy atom. The molecule has 3 aromatic carbocycles. The second kappa shape index (κ2) is 10.0. The first-order chi connectivity index (χ1) is 15.2. The molecule has 0 spiro atoms. The maximum Gasteiger partial charge on any atom is 0.339 e. The summed E-state index contributed by atoms with van der Waals surface area (Å²) in [7, 11) is 0. The van der Waals surface area contributed by atoms with Gasteiger partial charge in [0.25, 0.3) is 0 Å². The van der Waals surface area contributed by atoms with Gasteiger partial charge in [0.1, 0.15) is 13.2 Å². The van der Waals surface area contributed by atoms with Crippen molar-refractivity contribution < 1.29 is 28.5 Å². The molecule has 0 aliphatic carbocycles. The van der Waals surface area contributed by atoms with Gasteiger partial charge in [-0.3, -0.25) is 0 Å². The predicted molar refractivity (Wildman–Crippen MR) is 111 cm³/mol. The Morgan fingerprint density at radius 1 is 0.613 bits per heavy atom. The molecule has 0 N–H and O–H groups in total. The highest BCUT2D eigenvalue weighted by molar-refractivity contribution is 5.86. The van der Waals surface area contributed by atoms with E-state index in [-0.39, 0.29) is 13.2 Å². The van der Waals surface area contributed by atoms with Crippen molar-refractivity contribution in [1.29, 1.82) is 0 Å². The second-order valence-corrected chi connectivity index (χ2v) is 7.04. The molecule has 3 aromatic rings. The lowest BCUT2D eigenvalue weighted by atomic mass is 10.2. The first-order valence-electron chi connectivity index (χ1n) is 9.98. The number of hydrogen-bond donors (Lipinski definition) is 0. The van der Waals surface area contributed by atoms with Gasteiger partial charge < -0.3 is 18.9 Å². The van der Waals surface area contributed by atoms with E-state index >= 15 is 0 Å². The minimum absolute atomic E-state index is 0.0708. The highest BCUT2D eigenvalue weighted by Gasteiger charge is 2.47. The van der Waals surface area contributed by atoms with Crippen molar-refractivity contribution in [2.75, 3.05) is 0 Å². The maximum atomic E-state index is 12.7. The lowest BCUT2D eigenvalue weighted by Gasteiger charge is -2.15. The van der Waals surface area contributed by atoms with Gasteiger partial charge in [0.15, 0.2) is 18.5 Å². The van der Waals surface area contributed by atoms with Gasteiger partial charge in [-0.05, 0) is 11.1 Å². The van der Waals surface area contributed by atoms with Crippen LogP contribution in [0.3, 0.4) is 0 Å². The number of rotatable bonds is 7. The van der Waals surface area contributed by atoms with Crippen molar-refractivity contribution in [2.24, 2.45) is 0 Å². The highest BCUT2D eigenvalue weighted by Crippen LogP contribution is 2.32. The Kier molecular flexibility index (Phi) is 6.72. The van der Waals surface area contributed by atoms with Crippen LogP contribution in [-0.4, -0.2) is 24.1 Å². The summed E-state index contributed by atoms with van der Waals surface area (Å²) >= 11 is 0. The Balaban J connectivity index is 1.45. The molecule has 0 amide bonds. The molecule has 0 aromatic heterocycles. The van der Waals surface area contributed by atoms with Crippen molar-refractivity contribution in [2.45, 2.75) is 31.7 Å². The monoisotopic (exact) mass is 418 g/mol. The fraction of sp³-hybridized carbons (Fsp3) is 0.200. The minimum atomic E-state index is -1.22. The third-order valence-electron chi connectivity index (χ3n) is 4.80. The van der Waals surface area contributed by atoms with Gasteiger partial charge in [0.2, 0.25) is 0 Å². The normalized spacial score (nSPS) is 20.2. The predicted octanol–water partition coefficient (Wildman–Crippen LogP) is 3.96. The van der Waals surface area contributed by atoms with Crippen LogP contribution in [0.1, 0.15) is 23.0 Å². The van der Waals surface area contributed by atoms with Crippen LogP contribution in [0.25, 0.3) is 0 Å². The quantitative estimate of drug-likeness (QED) is 0.541. The van der Waals surface area contributed by atoms with E-state index in [0.29, 0.717) is 5.56 Å². The van der Waals surface area contributed by atoms with E-state index in [1.165, 1.54) is 0 Å². The first-order valence-corrected chi connectivity index (χ1v) is 9.98. The van der Waals surface area contributed by atoms with Crippen LogP contribution in [0, 0.1) is 0 Å². The number of carbonyl (C=O) groups excluding carboxylic acids is 2. The lowest BCUT2D eigenvalue weighted by molar-refractivity contribution is -0.165. The van der Waals surface area contributed by atoms with Gasteiger partial charge in [-0.1, -0.05) is 91.0 Å². The fourth-order valence-corrected chi connectivity index (χ4v) is 3.19. The summed E-state index contributed by atoms with van der Waals surface area (Å²) in [6.07, 6.45) is -3.32. The molecule has 31 heavy (non-hydrogen) atoms. The van der Waals surface area contributed by atoms with E-state index in [4.69, 9.17) is 18.9 Å². The van der Waals surface area contributed by atoms with E-state index in [1.54, 1.807) is 12.1 Å². The summed E-state index contributed by atoms with van der Waals surface area (Å²) in [6, 6.07) is 27.7. The molecule has 0 bridgehead atoms. The number of hydrogen-bond acceptors (Lipinski definition) is 6. The fourth-order valence-electron chi connectivity index (χ4n) is 3.19. The van der Waals surface area contributed by atoms with Gasteiger partial charge in [0, 0.05) is 5.56 Å². The highest BCUT2D eigenvalue weighted by atomic mass is 16.8. The summed E-state index contributed by atoms with van der Waals surface area (Å²) in [5, 5.41) is 0. The number of carbonyl (C=O) groups is 2. The third kappa shape index (κ3) is 5.36. The van der Waals surface area contributed by atoms with Crippen LogP contribution in [0.5, 0.6) is 0 Å². The standard InChI is InChI=1S/C25H22O6/c26-23(28-16-18-10-4-1-5-11-18)21-22(24(27)29-17-19-12-6-2-7-13-19)31-25(30-21)20-14-8-3-9-15-20/h1-15,21-22,25H,16-17H2. The van der Waals surface area contributed by atoms with Crippen molar-refractivity contribution in [3.63, 3.8) is 0 Å². The Labute approximate surface area is 180 Å². The SMILES string of the molecule is O=C(OCc1ccccc1)C1OC(c2ccccc2)OC1C(=O)OCc1ccccc1. The van der Waals surface area contributed by atoms with Crippen molar-refractivity contribution in [1.82, 2.24) is 0 Å². The molecule has 6 nitrogen and oxygen atoms in total. The Bertz CT molecular complexity index is 927. The first kappa shape index (κ1) is 20.8. The Hall–Kier alpha value is -3.48. The molecule has 1 saturated heterocycles. The summed E-state index contributed by atoms with van der Waals surface area (Å²) < 4.78 is 22.3. The largest absolute Gasteiger partial charge is 0.459 e. The maximum absolute atomic E-state index is 12.7. The lowest BCUT2D eigenvalue weighted by Crippen LogP contribution is -2.39. The number of esters is 2. The molecule has 2 unspecified atom stereocenters. The van der Waals surface area contributed by atoms with Crippen LogP contribution in [-0.2, 0) is 41.8 Å². The summed E-state index contributed by atoms with van der Waals surface area (Å²) in [6.45, 7) is 0.142. The van der Waals surface area contributed by atoms with E-state index in [0.717, 1.165) is 11.1 Å². The van der Waals surface area contributed by atoms with Crippen LogP contribution >= 0.6 is 0 Å². The average Bonchev–Trinajstić information content (AvgIpc) is 3.29. The molecular formula is C25H22O6. The molecule has 1 aliphatic heterocycles. The van der Waals surface area contributed by atoms with Gasteiger partial charge in [-0.25, -0.2) is 9.59 Å². The van der Waals surface area contributed by atoms with Gasteiger partial charge >= 0.3 is 11.9 Å². The summed E-state index contributed by atoms with van der Waals surface area (Å²) in [4.78, 5) is 25.5. The molecular weight excluding hydrogens is 396 g/mol. The summed E-state index contributed by atoms with van der Waals surface area (Å²) in [5.74, 6) is -1.35. The van der Waals surface area contributed by atoms with Crippen LogP contribution in [0.4, 0.5) is 0 Å². The van der Waals surface area contributed by atoms with E-state index in [1.807, 2.05) is 78.9 Å². The van der Waals surface area contributed by atoms with Crippen molar-refractivity contribution in [3.05, 3.63) is 108 Å². The van der Waals surface area contributed by atoms with Crippen molar-refractivity contribution in [3.8, 4) is 0 Å². The summed E-state index contributed by atoms with van der Waals surface area (Å²) in [5.41, 5.74) is 2.36. The molecule has 0 radical (unpaired) electrons. The smallest absolute Gasteiger partial charge is 0.339 e. The van der Waals surface area contributed by atoms with Gasteiger partial charge in [-0.2, -0.15) is 0 Å². The number of benzene rings is 3. The minimum Gasteiger partial charge on any atom is -0.459 e. The molecule has 1 fully saturated rings. The molecule has 1 heterocycles. The third-order valence-corrected chi connectivity index (χ3v) is 4.80. The van der Waals surface area contributed by atoms with E-state index < -0.39 is 30.4 Å². The Morgan fingerprint density at radius 3 is 1.42 bits per heavy atom. The topological polar surface area (TPSA) is 71.1 Å². The molecule has 158 valence electrons. The van der Waals surface area contributed by atoms with Crippen molar-refractivity contribution >= 4 is 11.9 Å². The molecule has 6 heteroatoms. The van der Waals surface area contributed by atoms with Crippen LogP contribution < -0.4 is 0 Å².